The molecule has 2 rings (SSSR count). The molecule has 0 saturated heterocycles. The Labute approximate surface area is 155 Å². The highest BCUT2D eigenvalue weighted by atomic mass is 79.9. The van der Waals surface area contributed by atoms with Crippen LogP contribution in [0.4, 0.5) is 9.80 Å². The molecule has 0 radical (unpaired) electrons. The summed E-state index contributed by atoms with van der Waals surface area (Å²) in [6.45, 7) is 3.98. The number of hydrogen-bond donors (Lipinski definition) is 1. The number of nitrogens with one attached hydrogen (secondary N) is 1. The topological polar surface area (TPSA) is 77.5 Å². The number of carbonyl (C=O) groups excluding carboxylic acids is 2. The smallest absolute Gasteiger partial charge is 0.417 e. The molecule has 1 aromatic carbocycles. The largest absolute Gasteiger partial charge is 0.462 e. The van der Waals surface area contributed by atoms with Crippen LogP contribution in [0.15, 0.2) is 30.3 Å². The van der Waals surface area contributed by atoms with Crippen molar-refractivity contribution in [2.75, 3.05) is 11.9 Å². The zero-order valence-corrected chi connectivity index (χ0v) is 15.9. The van der Waals surface area contributed by atoms with Crippen molar-refractivity contribution in [1.29, 1.82) is 0 Å². The summed E-state index contributed by atoms with van der Waals surface area (Å²) in [6.07, 6.45) is 0.804. The SMILES string of the molecule is Br.CCCc1nsc(NC(=O)Oc2ccccc2)c1C(=O)OCC. The summed E-state index contributed by atoms with van der Waals surface area (Å²) < 4.78 is 14.4. The van der Waals surface area contributed by atoms with Gasteiger partial charge in [-0.1, -0.05) is 31.5 Å². The molecule has 0 atom stereocenters. The van der Waals surface area contributed by atoms with Crippen molar-refractivity contribution in [2.45, 2.75) is 26.7 Å². The zero-order valence-electron chi connectivity index (χ0n) is 13.4. The average molecular weight is 415 g/mol. The third-order valence-corrected chi connectivity index (χ3v) is 3.70. The van der Waals surface area contributed by atoms with Crippen molar-refractivity contribution in [3.05, 3.63) is 41.6 Å². The van der Waals surface area contributed by atoms with Crippen LogP contribution in [-0.2, 0) is 11.2 Å². The Morgan fingerprint density at radius 1 is 1.21 bits per heavy atom. The monoisotopic (exact) mass is 414 g/mol. The van der Waals surface area contributed by atoms with Gasteiger partial charge in [-0.2, -0.15) is 4.37 Å². The van der Waals surface area contributed by atoms with E-state index in [0.29, 0.717) is 28.4 Å². The Balaban J connectivity index is 0.00000288. The van der Waals surface area contributed by atoms with Crippen LogP contribution in [-0.4, -0.2) is 23.0 Å². The summed E-state index contributed by atoms with van der Waals surface area (Å²) in [5.41, 5.74) is 0.940. The minimum absolute atomic E-state index is 0. The van der Waals surface area contributed by atoms with E-state index in [2.05, 4.69) is 9.69 Å². The van der Waals surface area contributed by atoms with Gasteiger partial charge < -0.3 is 9.47 Å². The number of ether oxygens (including phenoxy) is 2. The highest BCUT2D eigenvalue weighted by Crippen LogP contribution is 2.27. The normalized spacial score (nSPS) is 9.75. The van der Waals surface area contributed by atoms with Crippen molar-refractivity contribution in [3.63, 3.8) is 0 Å². The molecule has 0 saturated carbocycles. The van der Waals surface area contributed by atoms with Crippen molar-refractivity contribution >= 4 is 45.6 Å². The van der Waals surface area contributed by atoms with Gasteiger partial charge in [-0.25, -0.2) is 9.59 Å². The van der Waals surface area contributed by atoms with Gasteiger partial charge in [-0.3, -0.25) is 5.32 Å². The fourth-order valence-electron chi connectivity index (χ4n) is 1.94. The number of nitrogens with zero attached hydrogens (tertiary/aromatic N) is 1. The minimum Gasteiger partial charge on any atom is -0.462 e. The first-order valence-electron chi connectivity index (χ1n) is 7.35. The second-order valence-corrected chi connectivity index (χ2v) is 5.40. The van der Waals surface area contributed by atoms with Crippen LogP contribution in [0.25, 0.3) is 0 Å². The van der Waals surface area contributed by atoms with Crippen LogP contribution >= 0.6 is 28.5 Å². The summed E-state index contributed by atoms with van der Waals surface area (Å²) >= 11 is 1.05. The van der Waals surface area contributed by atoms with Gasteiger partial charge in [0.1, 0.15) is 16.3 Å². The van der Waals surface area contributed by atoms with Crippen LogP contribution in [0.3, 0.4) is 0 Å². The van der Waals surface area contributed by atoms with Gasteiger partial charge in [-0.15, -0.1) is 17.0 Å². The molecular weight excluding hydrogens is 396 g/mol. The van der Waals surface area contributed by atoms with Crippen LogP contribution in [0.2, 0.25) is 0 Å². The lowest BCUT2D eigenvalue weighted by Crippen LogP contribution is -2.18. The minimum atomic E-state index is -0.673. The summed E-state index contributed by atoms with van der Waals surface area (Å²) in [7, 11) is 0. The van der Waals surface area contributed by atoms with E-state index in [4.69, 9.17) is 9.47 Å². The van der Waals surface area contributed by atoms with Gasteiger partial charge in [0.25, 0.3) is 0 Å². The Hall–Kier alpha value is -1.93. The van der Waals surface area contributed by atoms with E-state index in [-0.39, 0.29) is 23.6 Å². The quantitative estimate of drug-likeness (QED) is 0.705. The number of rotatable bonds is 6. The fourth-order valence-corrected chi connectivity index (χ4v) is 2.75. The Kier molecular flexibility index (Phi) is 8.42. The number of esters is 1. The number of halogens is 1. The molecular formula is C16H19BrN2O4S. The molecule has 1 heterocycles. The van der Waals surface area contributed by atoms with Crippen molar-refractivity contribution in [3.8, 4) is 5.75 Å². The number of hydrogen-bond acceptors (Lipinski definition) is 6. The van der Waals surface area contributed by atoms with Crippen molar-refractivity contribution in [1.82, 2.24) is 4.37 Å². The number of para-hydroxylation sites is 1. The molecule has 6 nitrogen and oxygen atoms in total. The van der Waals surface area contributed by atoms with Crippen LogP contribution in [0, 0.1) is 0 Å². The van der Waals surface area contributed by atoms with Crippen LogP contribution < -0.4 is 10.1 Å². The lowest BCUT2D eigenvalue weighted by molar-refractivity contribution is 0.0526. The number of anilines is 1. The number of carbonyl (C=O) groups is 2. The highest BCUT2D eigenvalue weighted by molar-refractivity contribution is 8.93. The third kappa shape index (κ3) is 5.31. The van der Waals surface area contributed by atoms with Crippen LogP contribution in [0.5, 0.6) is 5.75 Å². The van der Waals surface area contributed by atoms with Crippen LogP contribution in [0.1, 0.15) is 36.3 Å². The number of benzene rings is 1. The first-order valence-corrected chi connectivity index (χ1v) is 8.12. The van der Waals surface area contributed by atoms with Gasteiger partial charge in [0.15, 0.2) is 0 Å². The van der Waals surface area contributed by atoms with Gasteiger partial charge in [0, 0.05) is 0 Å². The molecule has 0 unspecified atom stereocenters. The number of aryl methyl sites for hydroxylation is 1. The molecule has 130 valence electrons. The van der Waals surface area contributed by atoms with Crippen molar-refractivity contribution in [2.24, 2.45) is 0 Å². The maximum Gasteiger partial charge on any atom is 0.417 e. The molecule has 0 aliphatic heterocycles. The molecule has 1 N–H and O–H groups in total. The predicted octanol–water partition coefficient (Wildman–Crippen LogP) is 4.46. The maximum atomic E-state index is 12.1. The molecule has 24 heavy (non-hydrogen) atoms. The predicted molar refractivity (Wildman–Crippen MR) is 98.5 cm³/mol. The molecule has 0 aliphatic carbocycles. The summed E-state index contributed by atoms with van der Waals surface area (Å²) in [4.78, 5) is 24.1. The maximum absolute atomic E-state index is 12.1. The standard InChI is InChI=1S/C16H18N2O4S.BrH/c1-3-8-12-13(15(19)21-4-2)14(23-18-12)17-16(20)22-11-9-6-5-7-10-11;/h5-7,9-10H,3-4,8H2,1-2H3,(H,17,20);1H. The summed E-state index contributed by atoms with van der Waals surface area (Å²) in [5, 5.41) is 2.91. The second kappa shape index (κ2) is 10.0. The average Bonchev–Trinajstić information content (AvgIpc) is 2.91. The molecule has 0 aliphatic rings. The van der Waals surface area contributed by atoms with Gasteiger partial charge in [-0.05, 0) is 37.0 Å². The number of amides is 1. The van der Waals surface area contributed by atoms with E-state index >= 15 is 0 Å². The van der Waals surface area contributed by atoms with E-state index in [9.17, 15) is 9.59 Å². The molecule has 2 aromatic rings. The van der Waals surface area contributed by atoms with E-state index in [1.807, 2.05) is 13.0 Å². The fraction of sp³-hybridized carbons (Fsp3) is 0.312. The van der Waals surface area contributed by atoms with Gasteiger partial charge in [0.05, 0.1) is 12.3 Å². The van der Waals surface area contributed by atoms with E-state index in [0.717, 1.165) is 18.0 Å². The van der Waals surface area contributed by atoms with Crippen molar-refractivity contribution < 1.29 is 19.1 Å². The summed E-state index contributed by atoms with van der Waals surface area (Å²) in [5.74, 6) is -0.0688. The molecule has 1 aromatic heterocycles. The molecule has 8 heteroatoms. The lowest BCUT2D eigenvalue weighted by atomic mass is 10.1. The van der Waals surface area contributed by atoms with Gasteiger partial charge in [0.2, 0.25) is 0 Å². The zero-order chi connectivity index (χ0) is 16.7. The molecule has 0 spiro atoms. The van der Waals surface area contributed by atoms with E-state index < -0.39 is 12.1 Å². The third-order valence-electron chi connectivity index (χ3n) is 2.90. The molecule has 1 amide bonds. The first-order chi connectivity index (χ1) is 11.2. The molecule has 0 fully saturated rings. The Morgan fingerprint density at radius 3 is 2.54 bits per heavy atom. The second-order valence-electron chi connectivity index (χ2n) is 4.63. The van der Waals surface area contributed by atoms with Gasteiger partial charge >= 0.3 is 12.1 Å². The molecule has 0 bridgehead atoms. The Bertz CT molecular complexity index is 676. The highest BCUT2D eigenvalue weighted by Gasteiger charge is 2.23. The number of aromatic nitrogens is 1. The first kappa shape index (κ1) is 20.1. The van der Waals surface area contributed by atoms with E-state index in [1.165, 1.54) is 0 Å². The lowest BCUT2D eigenvalue weighted by Gasteiger charge is -2.07. The van der Waals surface area contributed by atoms with E-state index in [1.54, 1.807) is 31.2 Å². The summed E-state index contributed by atoms with van der Waals surface area (Å²) in [6, 6.07) is 8.68. The Morgan fingerprint density at radius 2 is 1.92 bits per heavy atom.